The van der Waals surface area contributed by atoms with Crippen LogP contribution in [0.15, 0.2) is 35.7 Å². The van der Waals surface area contributed by atoms with E-state index < -0.39 is 9.84 Å². The Balaban J connectivity index is 1.68. The number of thioether (sulfide) groups is 1. The van der Waals surface area contributed by atoms with Crippen molar-refractivity contribution in [2.45, 2.75) is 24.5 Å². The van der Waals surface area contributed by atoms with Gasteiger partial charge in [0.25, 0.3) is 0 Å². The first-order valence-corrected chi connectivity index (χ1v) is 11.4. The van der Waals surface area contributed by atoms with Crippen molar-refractivity contribution in [1.29, 1.82) is 0 Å². The molecular formula is C17H22N4O4S2. The van der Waals surface area contributed by atoms with Gasteiger partial charge < -0.3 is 9.64 Å². The molecule has 2 aromatic rings. The number of nitrogens with zero attached hydrogens (tertiary/aromatic N) is 4. The Morgan fingerprint density at radius 3 is 2.93 bits per heavy atom. The molecule has 1 aliphatic rings. The molecule has 0 spiro atoms. The number of amides is 1. The van der Waals surface area contributed by atoms with E-state index >= 15 is 0 Å². The molecule has 0 radical (unpaired) electrons. The molecule has 146 valence electrons. The predicted octanol–water partition coefficient (Wildman–Crippen LogP) is 1.40. The summed E-state index contributed by atoms with van der Waals surface area (Å²) in [6, 6.07) is 7.24. The SMILES string of the molecule is CCN(C(=O)CSc1nncn1-c1cccc(OC)c1)[C@H]1CCS(=O)(=O)C1. The highest BCUT2D eigenvalue weighted by molar-refractivity contribution is 7.99. The maximum atomic E-state index is 12.6. The minimum atomic E-state index is -3.03. The van der Waals surface area contributed by atoms with Gasteiger partial charge in [-0.05, 0) is 25.5 Å². The molecule has 27 heavy (non-hydrogen) atoms. The third-order valence-corrected chi connectivity index (χ3v) is 7.16. The largest absolute Gasteiger partial charge is 0.497 e. The van der Waals surface area contributed by atoms with Gasteiger partial charge in [0.05, 0.1) is 30.1 Å². The Morgan fingerprint density at radius 2 is 2.26 bits per heavy atom. The predicted molar refractivity (Wildman–Crippen MR) is 103 cm³/mol. The highest BCUT2D eigenvalue weighted by atomic mass is 32.2. The summed E-state index contributed by atoms with van der Waals surface area (Å²) in [6.07, 6.45) is 2.09. The van der Waals surface area contributed by atoms with E-state index in [1.54, 1.807) is 22.9 Å². The molecule has 3 rings (SSSR count). The molecule has 10 heteroatoms. The summed E-state index contributed by atoms with van der Waals surface area (Å²) in [5, 5.41) is 8.62. The van der Waals surface area contributed by atoms with E-state index in [1.807, 2.05) is 31.2 Å². The third-order valence-electron chi connectivity index (χ3n) is 4.48. The van der Waals surface area contributed by atoms with Crippen LogP contribution >= 0.6 is 11.8 Å². The van der Waals surface area contributed by atoms with E-state index in [0.717, 1.165) is 5.69 Å². The average Bonchev–Trinajstić information content (AvgIpc) is 3.27. The average molecular weight is 411 g/mol. The van der Waals surface area contributed by atoms with Crippen molar-refractivity contribution in [2.24, 2.45) is 0 Å². The van der Waals surface area contributed by atoms with Crippen molar-refractivity contribution in [3.63, 3.8) is 0 Å². The van der Waals surface area contributed by atoms with E-state index in [-0.39, 0.29) is 29.2 Å². The number of ether oxygens (including phenoxy) is 1. The van der Waals surface area contributed by atoms with E-state index in [1.165, 1.54) is 11.8 Å². The fraction of sp³-hybridized carbons (Fsp3) is 0.471. The highest BCUT2D eigenvalue weighted by Gasteiger charge is 2.33. The summed E-state index contributed by atoms with van der Waals surface area (Å²) in [5.74, 6) is 1.00. The lowest BCUT2D eigenvalue weighted by molar-refractivity contribution is -0.129. The molecule has 0 unspecified atom stereocenters. The van der Waals surface area contributed by atoms with Gasteiger partial charge in [-0.1, -0.05) is 17.8 Å². The van der Waals surface area contributed by atoms with Crippen LogP contribution in [0.25, 0.3) is 5.69 Å². The van der Waals surface area contributed by atoms with Crippen LogP contribution in [-0.2, 0) is 14.6 Å². The lowest BCUT2D eigenvalue weighted by Crippen LogP contribution is -2.42. The number of aromatic nitrogens is 3. The first-order valence-electron chi connectivity index (χ1n) is 8.60. The molecule has 1 aromatic heterocycles. The van der Waals surface area contributed by atoms with Crippen molar-refractivity contribution in [3.05, 3.63) is 30.6 Å². The van der Waals surface area contributed by atoms with Gasteiger partial charge in [0, 0.05) is 18.7 Å². The molecule has 1 amide bonds. The molecule has 1 atom stereocenters. The lowest BCUT2D eigenvalue weighted by Gasteiger charge is -2.26. The normalized spacial score (nSPS) is 18.4. The summed E-state index contributed by atoms with van der Waals surface area (Å²) >= 11 is 1.28. The zero-order valence-corrected chi connectivity index (χ0v) is 16.9. The number of methoxy groups -OCH3 is 1. The van der Waals surface area contributed by atoms with E-state index in [9.17, 15) is 13.2 Å². The number of hydrogen-bond donors (Lipinski definition) is 0. The van der Waals surface area contributed by atoms with Crippen molar-refractivity contribution >= 4 is 27.5 Å². The molecule has 0 aliphatic carbocycles. The Morgan fingerprint density at radius 1 is 1.44 bits per heavy atom. The highest BCUT2D eigenvalue weighted by Crippen LogP contribution is 2.24. The molecule has 0 N–H and O–H groups in total. The molecule has 0 saturated carbocycles. The first kappa shape index (κ1) is 19.7. The Bertz CT molecular complexity index is 913. The minimum Gasteiger partial charge on any atom is -0.497 e. The van der Waals surface area contributed by atoms with Gasteiger partial charge in [-0.2, -0.15) is 0 Å². The third kappa shape index (κ3) is 4.62. The van der Waals surface area contributed by atoms with Crippen molar-refractivity contribution in [3.8, 4) is 11.4 Å². The molecule has 2 heterocycles. The van der Waals surface area contributed by atoms with Crippen LogP contribution < -0.4 is 4.74 Å². The Kier molecular flexibility index (Phi) is 6.05. The van der Waals surface area contributed by atoms with Crippen LogP contribution in [0.3, 0.4) is 0 Å². The zero-order valence-electron chi connectivity index (χ0n) is 15.2. The molecule has 1 saturated heterocycles. The van der Waals surface area contributed by atoms with Crippen LogP contribution in [-0.4, -0.2) is 70.9 Å². The van der Waals surface area contributed by atoms with Crippen LogP contribution in [0.5, 0.6) is 5.75 Å². The van der Waals surface area contributed by atoms with Gasteiger partial charge in [0.2, 0.25) is 5.91 Å². The summed E-state index contributed by atoms with van der Waals surface area (Å²) in [4.78, 5) is 14.3. The van der Waals surface area contributed by atoms with Gasteiger partial charge in [0.15, 0.2) is 15.0 Å². The molecule has 8 nitrogen and oxygen atoms in total. The number of carbonyl (C=O) groups excluding carboxylic acids is 1. The van der Waals surface area contributed by atoms with Gasteiger partial charge >= 0.3 is 0 Å². The van der Waals surface area contributed by atoms with Crippen molar-refractivity contribution in [1.82, 2.24) is 19.7 Å². The fourth-order valence-electron chi connectivity index (χ4n) is 3.13. The second-order valence-corrected chi connectivity index (χ2v) is 9.38. The quantitative estimate of drug-likeness (QED) is 0.637. The Hall–Kier alpha value is -2.07. The standard InChI is InChI=1S/C17H22N4O4S2/c1-3-20(14-7-8-27(23,24)11-14)16(22)10-26-17-19-18-12-21(17)13-5-4-6-15(9-13)25-2/h4-6,9,12,14H,3,7-8,10-11H2,1-2H3/t14-/m0/s1. The second-order valence-electron chi connectivity index (χ2n) is 6.21. The van der Waals surface area contributed by atoms with Crippen LogP contribution in [0, 0.1) is 0 Å². The molecule has 1 aliphatic heterocycles. The van der Waals surface area contributed by atoms with Crippen LogP contribution in [0.1, 0.15) is 13.3 Å². The van der Waals surface area contributed by atoms with Crippen LogP contribution in [0.4, 0.5) is 0 Å². The minimum absolute atomic E-state index is 0.0528. The fourth-order valence-corrected chi connectivity index (χ4v) is 5.67. The number of benzene rings is 1. The zero-order chi connectivity index (χ0) is 19.4. The van der Waals surface area contributed by atoms with Gasteiger partial charge in [-0.15, -0.1) is 10.2 Å². The maximum Gasteiger partial charge on any atom is 0.233 e. The molecule has 1 fully saturated rings. The molecule has 1 aromatic carbocycles. The van der Waals surface area contributed by atoms with E-state index in [4.69, 9.17) is 4.74 Å². The van der Waals surface area contributed by atoms with Crippen molar-refractivity contribution in [2.75, 3.05) is 30.9 Å². The summed E-state index contributed by atoms with van der Waals surface area (Å²) in [7, 11) is -1.43. The summed E-state index contributed by atoms with van der Waals surface area (Å²) in [5.41, 5.74) is 0.837. The van der Waals surface area contributed by atoms with Crippen LogP contribution in [0.2, 0.25) is 0 Å². The maximum absolute atomic E-state index is 12.6. The topological polar surface area (TPSA) is 94.4 Å². The number of rotatable bonds is 7. The smallest absolute Gasteiger partial charge is 0.233 e. The first-order chi connectivity index (χ1) is 12.9. The lowest BCUT2D eigenvalue weighted by atomic mass is 10.2. The number of sulfone groups is 1. The van der Waals surface area contributed by atoms with E-state index in [2.05, 4.69) is 10.2 Å². The second kappa shape index (κ2) is 8.30. The number of hydrogen-bond acceptors (Lipinski definition) is 7. The molecule has 0 bridgehead atoms. The van der Waals surface area contributed by atoms with Gasteiger partial charge in [-0.3, -0.25) is 9.36 Å². The van der Waals surface area contributed by atoms with Gasteiger partial charge in [-0.25, -0.2) is 8.42 Å². The van der Waals surface area contributed by atoms with Crippen molar-refractivity contribution < 1.29 is 17.9 Å². The Labute approximate surface area is 162 Å². The monoisotopic (exact) mass is 410 g/mol. The van der Waals surface area contributed by atoms with Gasteiger partial charge in [0.1, 0.15) is 12.1 Å². The number of carbonyl (C=O) groups is 1. The summed E-state index contributed by atoms with van der Waals surface area (Å²) in [6.45, 7) is 2.36. The summed E-state index contributed by atoms with van der Waals surface area (Å²) < 4.78 is 30.4. The molecular weight excluding hydrogens is 388 g/mol. The van der Waals surface area contributed by atoms with E-state index in [0.29, 0.717) is 23.9 Å².